The van der Waals surface area contributed by atoms with E-state index >= 15 is 0 Å². The molecule has 0 spiro atoms. The van der Waals surface area contributed by atoms with Crippen LogP contribution in [0.1, 0.15) is 6.92 Å². The van der Waals surface area contributed by atoms with Gasteiger partial charge in [-0.3, -0.25) is 0 Å². The summed E-state index contributed by atoms with van der Waals surface area (Å²) in [6.07, 6.45) is 0. The quantitative estimate of drug-likeness (QED) is 0.650. The van der Waals surface area contributed by atoms with Crippen LogP contribution >= 0.6 is 0 Å². The summed E-state index contributed by atoms with van der Waals surface area (Å²) in [4.78, 5) is 2.15. The Morgan fingerprint density at radius 3 is 2.73 bits per heavy atom. The Hall–Kier alpha value is -1.18. The van der Waals surface area contributed by atoms with Crippen molar-refractivity contribution in [2.24, 2.45) is 0 Å². The molecule has 0 aliphatic heterocycles. The molecule has 0 aliphatic rings. The second-order valence-corrected chi connectivity index (χ2v) is 2.61. The zero-order valence-electron chi connectivity index (χ0n) is 7.04. The molecule has 2 heteroatoms. The summed E-state index contributed by atoms with van der Waals surface area (Å²) >= 11 is 0. The number of hydrogen-bond donors (Lipinski definition) is 1. The minimum Gasteiger partial charge on any atom is -0.399 e. The molecule has 1 rings (SSSR count). The van der Waals surface area contributed by atoms with Gasteiger partial charge in [0.1, 0.15) is 0 Å². The topological polar surface area (TPSA) is 29.3 Å². The van der Waals surface area contributed by atoms with Crippen LogP contribution < -0.4 is 10.6 Å². The van der Waals surface area contributed by atoms with E-state index in [1.54, 1.807) is 0 Å². The summed E-state index contributed by atoms with van der Waals surface area (Å²) < 4.78 is 0. The van der Waals surface area contributed by atoms with E-state index in [4.69, 9.17) is 5.73 Å². The zero-order chi connectivity index (χ0) is 8.27. The lowest BCUT2D eigenvalue weighted by atomic mass is 10.2. The van der Waals surface area contributed by atoms with E-state index < -0.39 is 0 Å². The Bertz CT molecular complexity index is 233. The van der Waals surface area contributed by atoms with Crippen molar-refractivity contribution >= 4 is 11.4 Å². The lowest BCUT2D eigenvalue weighted by Crippen LogP contribution is -2.15. The number of rotatable bonds is 2. The van der Waals surface area contributed by atoms with Gasteiger partial charge in [-0.25, -0.2) is 0 Å². The van der Waals surface area contributed by atoms with Gasteiger partial charge in [0.2, 0.25) is 0 Å². The molecule has 0 radical (unpaired) electrons. The van der Waals surface area contributed by atoms with Crippen molar-refractivity contribution in [2.45, 2.75) is 6.92 Å². The molecular formula is C9H14N2. The highest BCUT2D eigenvalue weighted by molar-refractivity contribution is 5.55. The Kier molecular flexibility index (Phi) is 2.36. The first-order valence-electron chi connectivity index (χ1n) is 3.80. The molecule has 0 aromatic heterocycles. The Morgan fingerprint density at radius 1 is 1.45 bits per heavy atom. The summed E-state index contributed by atoms with van der Waals surface area (Å²) in [6.45, 7) is 3.12. The average Bonchev–Trinajstić information content (AvgIpc) is 2.03. The maximum atomic E-state index is 5.62. The number of hydrogen-bond acceptors (Lipinski definition) is 2. The molecule has 0 saturated carbocycles. The highest BCUT2D eigenvalue weighted by Crippen LogP contribution is 2.14. The number of anilines is 2. The van der Waals surface area contributed by atoms with Gasteiger partial charge in [0, 0.05) is 25.0 Å². The van der Waals surface area contributed by atoms with Crippen LogP contribution in [0.5, 0.6) is 0 Å². The van der Waals surface area contributed by atoms with E-state index in [0.29, 0.717) is 0 Å². The van der Waals surface area contributed by atoms with Crippen LogP contribution in [0, 0.1) is 0 Å². The molecule has 60 valence electrons. The molecule has 11 heavy (non-hydrogen) atoms. The number of benzene rings is 1. The number of nitrogen functional groups attached to an aromatic ring is 1. The molecule has 0 bridgehead atoms. The number of nitrogens with two attached hydrogens (primary N) is 1. The van der Waals surface area contributed by atoms with Crippen molar-refractivity contribution in [3.8, 4) is 0 Å². The maximum Gasteiger partial charge on any atom is 0.0384 e. The van der Waals surface area contributed by atoms with Crippen molar-refractivity contribution in [3.63, 3.8) is 0 Å². The standard InChI is InChI=1S/C9H14N2/c1-3-11(2)9-6-4-5-8(10)7-9/h4-7H,3,10H2,1-2H3. The molecule has 0 fully saturated rings. The normalized spacial score (nSPS) is 9.64. The lowest BCUT2D eigenvalue weighted by molar-refractivity contribution is 0.969. The molecule has 2 N–H and O–H groups in total. The summed E-state index contributed by atoms with van der Waals surface area (Å²) in [5.74, 6) is 0. The third-order valence-electron chi connectivity index (χ3n) is 1.79. The van der Waals surface area contributed by atoms with E-state index in [0.717, 1.165) is 12.2 Å². The predicted octanol–water partition coefficient (Wildman–Crippen LogP) is 1.72. The fraction of sp³-hybridized carbons (Fsp3) is 0.333. The molecule has 0 atom stereocenters. The Balaban J connectivity index is 2.86. The van der Waals surface area contributed by atoms with Gasteiger partial charge in [-0.15, -0.1) is 0 Å². The van der Waals surface area contributed by atoms with Gasteiger partial charge in [-0.05, 0) is 25.1 Å². The largest absolute Gasteiger partial charge is 0.399 e. The summed E-state index contributed by atoms with van der Waals surface area (Å²) in [5, 5.41) is 0. The van der Waals surface area contributed by atoms with Crippen molar-refractivity contribution < 1.29 is 0 Å². The van der Waals surface area contributed by atoms with Crippen LogP contribution in [0.4, 0.5) is 11.4 Å². The van der Waals surface area contributed by atoms with Crippen LogP contribution in [0.2, 0.25) is 0 Å². The highest BCUT2D eigenvalue weighted by Gasteiger charge is 1.95. The van der Waals surface area contributed by atoms with Gasteiger partial charge in [0.15, 0.2) is 0 Å². The van der Waals surface area contributed by atoms with Crippen LogP contribution in [-0.2, 0) is 0 Å². The van der Waals surface area contributed by atoms with E-state index in [9.17, 15) is 0 Å². The smallest absolute Gasteiger partial charge is 0.0384 e. The minimum atomic E-state index is 0.822. The third-order valence-corrected chi connectivity index (χ3v) is 1.79. The molecule has 2 nitrogen and oxygen atoms in total. The molecule has 1 aromatic rings. The fourth-order valence-electron chi connectivity index (χ4n) is 0.945. The Morgan fingerprint density at radius 2 is 2.18 bits per heavy atom. The second kappa shape index (κ2) is 3.28. The van der Waals surface area contributed by atoms with Crippen LogP contribution in [0.3, 0.4) is 0 Å². The van der Waals surface area contributed by atoms with Gasteiger partial charge in [0.25, 0.3) is 0 Å². The van der Waals surface area contributed by atoms with Gasteiger partial charge < -0.3 is 10.6 Å². The first-order chi connectivity index (χ1) is 5.24. The van der Waals surface area contributed by atoms with Gasteiger partial charge >= 0.3 is 0 Å². The van der Waals surface area contributed by atoms with Crippen molar-refractivity contribution in [3.05, 3.63) is 24.3 Å². The predicted molar refractivity (Wildman–Crippen MR) is 49.8 cm³/mol. The molecule has 0 unspecified atom stereocenters. The van der Waals surface area contributed by atoms with E-state index in [-0.39, 0.29) is 0 Å². The minimum absolute atomic E-state index is 0.822. The zero-order valence-corrected chi connectivity index (χ0v) is 7.04. The molecular weight excluding hydrogens is 136 g/mol. The summed E-state index contributed by atoms with van der Waals surface area (Å²) in [7, 11) is 2.05. The molecule has 0 aliphatic carbocycles. The van der Waals surface area contributed by atoms with E-state index in [1.807, 2.05) is 18.2 Å². The third kappa shape index (κ3) is 1.87. The first kappa shape index (κ1) is 7.92. The monoisotopic (exact) mass is 150 g/mol. The summed E-state index contributed by atoms with van der Waals surface area (Å²) in [5.41, 5.74) is 7.62. The van der Waals surface area contributed by atoms with Crippen LogP contribution in [0.25, 0.3) is 0 Å². The van der Waals surface area contributed by atoms with Crippen molar-refractivity contribution in [1.29, 1.82) is 0 Å². The van der Waals surface area contributed by atoms with Crippen molar-refractivity contribution in [1.82, 2.24) is 0 Å². The lowest BCUT2D eigenvalue weighted by Gasteiger charge is -2.16. The van der Waals surface area contributed by atoms with Crippen LogP contribution in [-0.4, -0.2) is 13.6 Å². The first-order valence-corrected chi connectivity index (χ1v) is 3.80. The van der Waals surface area contributed by atoms with Gasteiger partial charge in [0.05, 0.1) is 0 Å². The van der Waals surface area contributed by atoms with Gasteiger partial charge in [-0.1, -0.05) is 6.07 Å². The molecule has 0 amide bonds. The van der Waals surface area contributed by atoms with Crippen molar-refractivity contribution in [2.75, 3.05) is 24.2 Å². The maximum absolute atomic E-state index is 5.62. The summed E-state index contributed by atoms with van der Waals surface area (Å²) in [6, 6.07) is 7.90. The average molecular weight is 150 g/mol. The van der Waals surface area contributed by atoms with Crippen LogP contribution in [0.15, 0.2) is 24.3 Å². The molecule has 0 heterocycles. The Labute approximate surface area is 67.6 Å². The molecule has 1 aromatic carbocycles. The van der Waals surface area contributed by atoms with Gasteiger partial charge in [-0.2, -0.15) is 0 Å². The second-order valence-electron chi connectivity index (χ2n) is 2.61. The fourth-order valence-corrected chi connectivity index (χ4v) is 0.945. The highest BCUT2D eigenvalue weighted by atomic mass is 15.1. The molecule has 0 saturated heterocycles. The number of nitrogens with zero attached hydrogens (tertiary/aromatic N) is 1. The SMILES string of the molecule is CCN(C)c1cccc(N)c1. The van der Waals surface area contributed by atoms with E-state index in [2.05, 4.69) is 24.9 Å². The van der Waals surface area contributed by atoms with E-state index in [1.165, 1.54) is 5.69 Å².